The van der Waals surface area contributed by atoms with Crippen molar-refractivity contribution in [2.24, 2.45) is 0 Å². The summed E-state index contributed by atoms with van der Waals surface area (Å²) in [5.41, 5.74) is 0. The number of benzene rings is 1. The number of halogens is 1. The number of aliphatic hydroxyl groups excluding tert-OH is 1. The zero-order valence-corrected chi connectivity index (χ0v) is 11.6. The molecule has 1 fully saturated rings. The predicted octanol–water partition coefficient (Wildman–Crippen LogP) is 2.09. The monoisotopic (exact) mass is 283 g/mol. The first kappa shape index (κ1) is 14.2. The third kappa shape index (κ3) is 3.85. The molecule has 0 saturated heterocycles. The lowest BCUT2D eigenvalue weighted by Crippen LogP contribution is -2.43. The third-order valence-corrected chi connectivity index (χ3v) is 3.34. The molecule has 2 rings (SSSR count). The lowest BCUT2D eigenvalue weighted by atomic mass is 10.3. The Labute approximate surface area is 117 Å². The Morgan fingerprint density at radius 2 is 2.11 bits per heavy atom. The molecular weight excluding hydrogens is 266 g/mol. The smallest absolute Gasteiger partial charge is 0.263 e. The molecule has 0 spiro atoms. The molecule has 0 heterocycles. The predicted molar refractivity (Wildman–Crippen MR) is 73.4 cm³/mol. The van der Waals surface area contributed by atoms with Crippen LogP contribution in [0, 0.1) is 0 Å². The Bertz CT molecular complexity index is 431. The molecule has 1 aliphatic carbocycles. The molecule has 19 heavy (non-hydrogen) atoms. The summed E-state index contributed by atoms with van der Waals surface area (Å²) in [6, 6.07) is 7.19. The maximum absolute atomic E-state index is 12.2. The molecule has 0 aromatic heterocycles. The van der Waals surface area contributed by atoms with Crippen LogP contribution in [-0.4, -0.2) is 41.2 Å². The highest BCUT2D eigenvalue weighted by Crippen LogP contribution is 2.27. The van der Waals surface area contributed by atoms with Gasteiger partial charge in [0.25, 0.3) is 5.91 Å². The van der Waals surface area contributed by atoms with E-state index >= 15 is 0 Å². The fourth-order valence-electron chi connectivity index (χ4n) is 1.97. The Kier molecular flexibility index (Phi) is 4.66. The van der Waals surface area contributed by atoms with E-state index in [9.17, 15) is 4.79 Å². The van der Waals surface area contributed by atoms with E-state index in [0.29, 0.717) is 17.3 Å². The van der Waals surface area contributed by atoms with Crippen molar-refractivity contribution >= 4 is 17.5 Å². The van der Waals surface area contributed by atoms with Crippen LogP contribution in [0.5, 0.6) is 5.75 Å². The Morgan fingerprint density at radius 3 is 2.63 bits per heavy atom. The average Bonchev–Trinajstić information content (AvgIpc) is 3.22. The zero-order valence-electron chi connectivity index (χ0n) is 10.9. The number of hydrogen-bond acceptors (Lipinski definition) is 3. The minimum absolute atomic E-state index is 0.0180. The fourth-order valence-corrected chi connectivity index (χ4v) is 2.09. The Balaban J connectivity index is 1.95. The minimum Gasteiger partial charge on any atom is -0.481 e. The molecule has 1 unspecified atom stereocenters. The molecule has 0 radical (unpaired) electrons. The van der Waals surface area contributed by atoms with E-state index in [2.05, 4.69) is 0 Å². The molecule has 1 N–H and O–H groups in total. The van der Waals surface area contributed by atoms with E-state index in [1.54, 1.807) is 36.1 Å². The highest BCUT2D eigenvalue weighted by Gasteiger charge is 2.34. The van der Waals surface area contributed by atoms with Gasteiger partial charge in [0.2, 0.25) is 0 Å². The number of carbonyl (C=O) groups excluding carboxylic acids is 1. The van der Waals surface area contributed by atoms with E-state index in [4.69, 9.17) is 21.4 Å². The highest BCUT2D eigenvalue weighted by molar-refractivity contribution is 6.30. The van der Waals surface area contributed by atoms with Gasteiger partial charge in [-0.1, -0.05) is 11.6 Å². The summed E-state index contributed by atoms with van der Waals surface area (Å²) in [6.45, 7) is 2.08. The van der Waals surface area contributed by atoms with Crippen molar-refractivity contribution in [3.05, 3.63) is 29.3 Å². The van der Waals surface area contributed by atoms with Crippen molar-refractivity contribution in [2.45, 2.75) is 31.9 Å². The van der Waals surface area contributed by atoms with Gasteiger partial charge in [-0.2, -0.15) is 0 Å². The van der Waals surface area contributed by atoms with Crippen LogP contribution >= 0.6 is 11.6 Å². The summed E-state index contributed by atoms with van der Waals surface area (Å²) in [5.74, 6) is 0.538. The molecule has 1 atom stereocenters. The molecular formula is C14H18ClNO3. The van der Waals surface area contributed by atoms with E-state index in [1.165, 1.54) is 0 Å². The maximum Gasteiger partial charge on any atom is 0.263 e. The summed E-state index contributed by atoms with van der Waals surface area (Å²) in [6.07, 6.45) is 1.46. The van der Waals surface area contributed by atoms with Crippen LogP contribution in [0.2, 0.25) is 5.02 Å². The van der Waals surface area contributed by atoms with Crippen LogP contribution < -0.4 is 4.74 Å². The number of nitrogens with zero attached hydrogens (tertiary/aromatic N) is 1. The number of amides is 1. The number of aliphatic hydroxyl groups is 1. The second-order valence-corrected chi connectivity index (χ2v) is 5.14. The van der Waals surface area contributed by atoms with Crippen LogP contribution in [0.1, 0.15) is 19.8 Å². The largest absolute Gasteiger partial charge is 0.481 e. The van der Waals surface area contributed by atoms with Crippen LogP contribution in [0.3, 0.4) is 0 Å². The molecule has 104 valence electrons. The van der Waals surface area contributed by atoms with Crippen molar-refractivity contribution in [3.8, 4) is 5.75 Å². The second kappa shape index (κ2) is 6.26. The summed E-state index contributed by atoms with van der Waals surface area (Å²) >= 11 is 5.79. The molecule has 1 saturated carbocycles. The first-order valence-corrected chi connectivity index (χ1v) is 6.83. The van der Waals surface area contributed by atoms with Gasteiger partial charge < -0.3 is 14.7 Å². The first-order chi connectivity index (χ1) is 9.11. The average molecular weight is 284 g/mol. The fraction of sp³-hybridized carbons (Fsp3) is 0.500. The lowest BCUT2D eigenvalue weighted by molar-refractivity contribution is -0.139. The first-order valence-electron chi connectivity index (χ1n) is 6.45. The van der Waals surface area contributed by atoms with Crippen LogP contribution in [-0.2, 0) is 4.79 Å². The normalized spacial score (nSPS) is 15.9. The summed E-state index contributed by atoms with van der Waals surface area (Å²) < 4.78 is 5.60. The van der Waals surface area contributed by atoms with E-state index in [1.807, 2.05) is 0 Å². The summed E-state index contributed by atoms with van der Waals surface area (Å²) in [4.78, 5) is 14.0. The molecule has 1 aliphatic rings. The number of carbonyl (C=O) groups is 1. The maximum atomic E-state index is 12.2. The van der Waals surface area contributed by atoms with Crippen molar-refractivity contribution in [1.82, 2.24) is 4.90 Å². The molecule has 1 amide bonds. The number of rotatable bonds is 6. The van der Waals surface area contributed by atoms with Gasteiger partial charge in [0.1, 0.15) is 5.75 Å². The highest BCUT2D eigenvalue weighted by atomic mass is 35.5. The van der Waals surface area contributed by atoms with Gasteiger partial charge in [-0.15, -0.1) is 0 Å². The third-order valence-electron chi connectivity index (χ3n) is 3.09. The van der Waals surface area contributed by atoms with Gasteiger partial charge in [-0.3, -0.25) is 4.79 Å². The van der Waals surface area contributed by atoms with Gasteiger partial charge in [-0.25, -0.2) is 0 Å². The van der Waals surface area contributed by atoms with Crippen molar-refractivity contribution in [1.29, 1.82) is 0 Å². The number of ether oxygens (including phenoxy) is 1. The van der Waals surface area contributed by atoms with Crippen LogP contribution in [0.4, 0.5) is 0 Å². The molecule has 4 nitrogen and oxygen atoms in total. The van der Waals surface area contributed by atoms with Crippen molar-refractivity contribution < 1.29 is 14.6 Å². The number of hydrogen-bond donors (Lipinski definition) is 1. The lowest BCUT2D eigenvalue weighted by Gasteiger charge is -2.25. The van der Waals surface area contributed by atoms with E-state index in [-0.39, 0.29) is 18.6 Å². The zero-order chi connectivity index (χ0) is 13.8. The molecule has 0 aliphatic heterocycles. The minimum atomic E-state index is -0.562. The van der Waals surface area contributed by atoms with Crippen LogP contribution in [0.15, 0.2) is 24.3 Å². The van der Waals surface area contributed by atoms with Crippen molar-refractivity contribution in [2.75, 3.05) is 13.2 Å². The van der Waals surface area contributed by atoms with Gasteiger partial charge in [0.15, 0.2) is 6.10 Å². The van der Waals surface area contributed by atoms with Gasteiger partial charge in [-0.05, 0) is 44.0 Å². The Morgan fingerprint density at radius 1 is 1.47 bits per heavy atom. The molecule has 1 aromatic rings. The van der Waals surface area contributed by atoms with Gasteiger partial charge in [0, 0.05) is 17.6 Å². The quantitative estimate of drug-likeness (QED) is 0.870. The van der Waals surface area contributed by atoms with E-state index < -0.39 is 6.10 Å². The van der Waals surface area contributed by atoms with Gasteiger partial charge >= 0.3 is 0 Å². The SMILES string of the molecule is CC(Oc1ccc(Cl)cc1)C(=O)N(CCO)C1CC1. The standard InChI is InChI=1S/C14H18ClNO3/c1-10(19-13-6-2-11(15)3-7-13)14(18)16(8-9-17)12-4-5-12/h2-3,6-7,10,12,17H,4-5,8-9H2,1H3. The molecule has 5 heteroatoms. The Hall–Kier alpha value is -1.26. The topological polar surface area (TPSA) is 49.8 Å². The van der Waals surface area contributed by atoms with Crippen molar-refractivity contribution in [3.63, 3.8) is 0 Å². The van der Waals surface area contributed by atoms with Gasteiger partial charge in [0.05, 0.1) is 6.61 Å². The molecule has 0 bridgehead atoms. The van der Waals surface area contributed by atoms with E-state index in [0.717, 1.165) is 12.8 Å². The summed E-state index contributed by atoms with van der Waals surface area (Å²) in [5, 5.41) is 9.65. The second-order valence-electron chi connectivity index (χ2n) is 4.70. The summed E-state index contributed by atoms with van der Waals surface area (Å²) in [7, 11) is 0. The van der Waals surface area contributed by atoms with Crippen LogP contribution in [0.25, 0.3) is 0 Å². The molecule has 1 aromatic carbocycles.